The van der Waals surface area contributed by atoms with Gasteiger partial charge in [-0.25, -0.2) is 9.78 Å². The minimum Gasteiger partial charge on any atom is -0.487 e. The number of alkyl halides is 3. The Labute approximate surface area is 168 Å². The van der Waals surface area contributed by atoms with Crippen LogP contribution < -0.4 is 8.92 Å². The van der Waals surface area contributed by atoms with Gasteiger partial charge in [-0.1, -0.05) is 36.4 Å². The van der Waals surface area contributed by atoms with Crippen molar-refractivity contribution in [3.8, 4) is 11.5 Å². The largest absolute Gasteiger partial charge is 0.534 e. The SMILES string of the molecule is Cc1c(C(=O)O)nc2c(OCc3ccccc3)cccc2c1OS(=O)(=O)C(F)(F)F. The Morgan fingerprint density at radius 2 is 1.77 bits per heavy atom. The second-order valence-corrected chi connectivity index (χ2v) is 7.67. The molecule has 0 saturated carbocycles. The van der Waals surface area contributed by atoms with Crippen LogP contribution in [-0.2, 0) is 16.7 Å². The third kappa shape index (κ3) is 4.15. The number of benzene rings is 2. The predicted octanol–water partition coefficient (Wildman–Crippen LogP) is 4.05. The average Bonchev–Trinajstić information content (AvgIpc) is 2.68. The van der Waals surface area contributed by atoms with E-state index in [4.69, 9.17) is 4.74 Å². The van der Waals surface area contributed by atoms with Crippen molar-refractivity contribution in [3.63, 3.8) is 0 Å². The Bertz CT molecular complexity index is 1210. The van der Waals surface area contributed by atoms with Crippen molar-refractivity contribution in [1.82, 2.24) is 4.98 Å². The molecule has 0 saturated heterocycles. The molecule has 30 heavy (non-hydrogen) atoms. The molecule has 1 N–H and O–H groups in total. The first-order chi connectivity index (χ1) is 14.0. The van der Waals surface area contributed by atoms with E-state index in [1.54, 1.807) is 30.3 Å². The second kappa shape index (κ2) is 7.82. The van der Waals surface area contributed by atoms with E-state index < -0.39 is 33.0 Å². The summed E-state index contributed by atoms with van der Waals surface area (Å²) in [6.45, 7) is 1.17. The normalized spacial score (nSPS) is 12.0. The maximum atomic E-state index is 12.8. The molecule has 2 aromatic carbocycles. The average molecular weight is 441 g/mol. The van der Waals surface area contributed by atoms with Gasteiger partial charge < -0.3 is 14.0 Å². The Balaban J connectivity index is 2.16. The van der Waals surface area contributed by atoms with Crippen LogP contribution in [0.4, 0.5) is 13.2 Å². The fourth-order valence-electron chi connectivity index (χ4n) is 2.65. The van der Waals surface area contributed by atoms with Crippen LogP contribution in [0.5, 0.6) is 11.5 Å². The highest BCUT2D eigenvalue weighted by Gasteiger charge is 2.49. The van der Waals surface area contributed by atoms with Crippen LogP contribution in [-0.4, -0.2) is 30.0 Å². The van der Waals surface area contributed by atoms with Gasteiger partial charge in [0.2, 0.25) is 0 Å². The van der Waals surface area contributed by atoms with Crippen molar-refractivity contribution >= 4 is 27.0 Å². The van der Waals surface area contributed by atoms with E-state index in [1.165, 1.54) is 18.2 Å². The molecular weight excluding hydrogens is 427 g/mol. The first-order valence-corrected chi connectivity index (χ1v) is 9.76. The molecule has 1 aromatic heterocycles. The van der Waals surface area contributed by atoms with Gasteiger partial charge in [0.25, 0.3) is 0 Å². The lowest BCUT2D eigenvalue weighted by Gasteiger charge is -2.16. The molecule has 1 heterocycles. The Hall–Kier alpha value is -3.34. The van der Waals surface area contributed by atoms with Gasteiger partial charge in [0.05, 0.1) is 0 Å². The van der Waals surface area contributed by atoms with Crippen LogP contribution in [0.15, 0.2) is 48.5 Å². The summed E-state index contributed by atoms with van der Waals surface area (Å²) in [5.41, 5.74) is -6.10. The summed E-state index contributed by atoms with van der Waals surface area (Å²) in [5.74, 6) is -2.30. The van der Waals surface area contributed by atoms with E-state index in [2.05, 4.69) is 9.17 Å². The fraction of sp³-hybridized carbons (Fsp3) is 0.158. The van der Waals surface area contributed by atoms with Crippen molar-refractivity contribution in [1.29, 1.82) is 0 Å². The van der Waals surface area contributed by atoms with Crippen LogP contribution >= 0.6 is 0 Å². The van der Waals surface area contributed by atoms with E-state index in [0.717, 1.165) is 12.5 Å². The molecule has 11 heteroatoms. The molecule has 0 aliphatic rings. The maximum absolute atomic E-state index is 12.8. The first kappa shape index (κ1) is 21.4. The molecule has 3 rings (SSSR count). The van der Waals surface area contributed by atoms with E-state index in [9.17, 15) is 31.5 Å². The minimum absolute atomic E-state index is 0.0492. The summed E-state index contributed by atoms with van der Waals surface area (Å²) in [4.78, 5) is 15.5. The second-order valence-electron chi connectivity index (χ2n) is 6.13. The van der Waals surface area contributed by atoms with Gasteiger partial charge in [0, 0.05) is 10.9 Å². The zero-order chi connectivity index (χ0) is 22.1. The van der Waals surface area contributed by atoms with Crippen molar-refractivity contribution in [2.75, 3.05) is 0 Å². The molecule has 0 unspecified atom stereocenters. The van der Waals surface area contributed by atoms with Gasteiger partial charge in [-0.15, -0.1) is 0 Å². The number of pyridine rings is 1. The van der Waals surface area contributed by atoms with E-state index in [-0.39, 0.29) is 28.8 Å². The number of aromatic carboxylic acids is 1. The summed E-state index contributed by atoms with van der Waals surface area (Å²) >= 11 is 0. The van der Waals surface area contributed by atoms with Crippen molar-refractivity contribution in [3.05, 3.63) is 65.4 Å². The molecule has 3 aromatic rings. The molecule has 158 valence electrons. The van der Waals surface area contributed by atoms with Crippen molar-refractivity contribution < 1.29 is 40.4 Å². The highest BCUT2D eigenvalue weighted by Crippen LogP contribution is 2.38. The predicted molar refractivity (Wildman–Crippen MR) is 99.8 cm³/mol. The van der Waals surface area contributed by atoms with E-state index in [0.29, 0.717) is 0 Å². The molecular formula is C19H14F3NO6S. The van der Waals surface area contributed by atoms with Gasteiger partial charge in [-0.05, 0) is 24.6 Å². The fourth-order valence-corrected chi connectivity index (χ4v) is 3.18. The number of ether oxygens (including phenoxy) is 1. The summed E-state index contributed by atoms with van der Waals surface area (Å²) in [5, 5.41) is 9.23. The number of nitrogens with zero attached hydrogens (tertiary/aromatic N) is 1. The van der Waals surface area contributed by atoms with Crippen LogP contribution in [0.2, 0.25) is 0 Å². The molecule has 7 nitrogen and oxygen atoms in total. The molecule has 0 radical (unpaired) electrons. The molecule has 0 spiro atoms. The summed E-state index contributed by atoms with van der Waals surface area (Å²) in [7, 11) is -6.04. The molecule has 0 bridgehead atoms. The van der Waals surface area contributed by atoms with Gasteiger partial charge in [0.1, 0.15) is 17.9 Å². The van der Waals surface area contributed by atoms with Crippen LogP contribution in [0.1, 0.15) is 21.6 Å². The summed E-state index contributed by atoms with van der Waals surface area (Å²) < 4.78 is 71.5. The Morgan fingerprint density at radius 1 is 1.10 bits per heavy atom. The smallest absolute Gasteiger partial charge is 0.487 e. The number of halogens is 3. The topological polar surface area (TPSA) is 103 Å². The lowest BCUT2D eigenvalue weighted by atomic mass is 10.1. The third-order valence-corrected chi connectivity index (χ3v) is 5.03. The number of carboxylic acids is 1. The van der Waals surface area contributed by atoms with Crippen LogP contribution in [0.25, 0.3) is 10.9 Å². The highest BCUT2D eigenvalue weighted by atomic mass is 32.2. The van der Waals surface area contributed by atoms with Crippen LogP contribution in [0, 0.1) is 6.92 Å². The number of carboxylic acid groups (broad SMARTS) is 1. The Kier molecular flexibility index (Phi) is 5.57. The van der Waals surface area contributed by atoms with Gasteiger partial charge >= 0.3 is 21.6 Å². The molecule has 0 amide bonds. The zero-order valence-electron chi connectivity index (χ0n) is 15.3. The number of fused-ring (bicyclic) bond motifs is 1. The Morgan fingerprint density at radius 3 is 2.37 bits per heavy atom. The quantitative estimate of drug-likeness (QED) is 0.455. The molecule has 0 atom stereocenters. The van der Waals surface area contributed by atoms with Crippen molar-refractivity contribution in [2.45, 2.75) is 19.0 Å². The third-order valence-electron chi connectivity index (χ3n) is 4.08. The van der Waals surface area contributed by atoms with Crippen LogP contribution in [0.3, 0.4) is 0 Å². The monoisotopic (exact) mass is 441 g/mol. The summed E-state index contributed by atoms with van der Waals surface area (Å²) in [6.07, 6.45) is 0. The number of hydrogen-bond acceptors (Lipinski definition) is 6. The zero-order valence-corrected chi connectivity index (χ0v) is 16.1. The number of aromatic nitrogens is 1. The molecule has 0 fully saturated rings. The van der Waals surface area contributed by atoms with E-state index in [1.807, 2.05) is 0 Å². The first-order valence-electron chi connectivity index (χ1n) is 8.35. The molecule has 0 aliphatic carbocycles. The minimum atomic E-state index is -6.04. The van der Waals surface area contributed by atoms with Gasteiger partial charge in [-0.2, -0.15) is 21.6 Å². The lowest BCUT2D eigenvalue weighted by molar-refractivity contribution is -0.0499. The number of hydrogen-bond donors (Lipinski definition) is 1. The highest BCUT2D eigenvalue weighted by molar-refractivity contribution is 7.88. The van der Waals surface area contributed by atoms with Gasteiger partial charge in [-0.3, -0.25) is 0 Å². The number of para-hydroxylation sites is 1. The molecule has 0 aliphatic heterocycles. The maximum Gasteiger partial charge on any atom is 0.534 e. The van der Waals surface area contributed by atoms with Gasteiger partial charge in [0.15, 0.2) is 11.4 Å². The van der Waals surface area contributed by atoms with Crippen molar-refractivity contribution in [2.24, 2.45) is 0 Å². The standard InChI is InChI=1S/C19H14F3NO6S/c1-11-15(18(24)25)23-16-13(17(11)29-30(26,27)19(20,21)22)8-5-9-14(16)28-10-12-6-3-2-4-7-12/h2-9H,10H2,1H3,(H,24,25). The number of carbonyl (C=O) groups is 1. The number of rotatable bonds is 6. The lowest BCUT2D eigenvalue weighted by Crippen LogP contribution is -2.28. The van der Waals surface area contributed by atoms with E-state index >= 15 is 0 Å². The summed E-state index contributed by atoms with van der Waals surface area (Å²) in [6, 6.07) is 13.0.